The summed E-state index contributed by atoms with van der Waals surface area (Å²) >= 11 is 6.25. The Kier molecular flexibility index (Phi) is 11.5. The van der Waals surface area contributed by atoms with Gasteiger partial charge in [0.25, 0.3) is 0 Å². The zero-order chi connectivity index (χ0) is 21.1. The van der Waals surface area contributed by atoms with Crippen LogP contribution in [0.15, 0.2) is 46.6 Å². The molecule has 1 atom stereocenters. The van der Waals surface area contributed by atoms with Crippen LogP contribution in [-0.4, -0.2) is 50.1 Å². The van der Waals surface area contributed by atoms with Crippen molar-refractivity contribution in [2.75, 3.05) is 40.3 Å². The fourth-order valence-corrected chi connectivity index (χ4v) is 3.26. The first kappa shape index (κ1) is 24.7. The fraction of sp³-hybridized carbons (Fsp3) is 0.583. The third-order valence-electron chi connectivity index (χ3n) is 5.10. The summed E-state index contributed by atoms with van der Waals surface area (Å²) in [6.45, 7) is 14.0. The van der Waals surface area contributed by atoms with Crippen molar-refractivity contribution in [2.45, 2.75) is 53.6 Å². The molecule has 0 aliphatic carbocycles. The maximum Gasteiger partial charge on any atom is 0.0839 e. The van der Waals surface area contributed by atoms with Crippen molar-refractivity contribution in [3.8, 4) is 0 Å². The van der Waals surface area contributed by atoms with E-state index in [1.165, 1.54) is 16.8 Å². The number of hydrogen-bond acceptors (Lipinski definition) is 3. The Labute approximate surface area is 178 Å². The van der Waals surface area contributed by atoms with Gasteiger partial charge in [0.2, 0.25) is 0 Å². The quantitative estimate of drug-likeness (QED) is 0.491. The van der Waals surface area contributed by atoms with Gasteiger partial charge in [-0.2, -0.15) is 0 Å². The average Bonchev–Trinajstić information content (AvgIpc) is 2.71. The highest BCUT2D eigenvalue weighted by atomic mass is 35.5. The van der Waals surface area contributed by atoms with E-state index in [0.29, 0.717) is 0 Å². The van der Waals surface area contributed by atoms with Crippen molar-refractivity contribution in [3.05, 3.63) is 57.8 Å². The van der Waals surface area contributed by atoms with E-state index in [4.69, 9.17) is 16.3 Å². The highest BCUT2D eigenvalue weighted by molar-refractivity contribution is 6.31. The zero-order valence-corrected chi connectivity index (χ0v) is 19.6. The van der Waals surface area contributed by atoms with Crippen molar-refractivity contribution in [2.24, 2.45) is 0 Å². The third-order valence-corrected chi connectivity index (χ3v) is 5.58. The molecule has 0 saturated carbocycles. The maximum absolute atomic E-state index is 6.25. The van der Waals surface area contributed by atoms with Crippen LogP contribution in [-0.2, 0) is 11.2 Å². The Morgan fingerprint density at radius 3 is 2.46 bits per heavy atom. The number of rotatable bonds is 8. The smallest absolute Gasteiger partial charge is 0.0839 e. The first-order valence-corrected chi connectivity index (χ1v) is 10.9. The molecule has 2 rings (SSSR count). The second kappa shape index (κ2) is 13.0. The Morgan fingerprint density at radius 2 is 1.79 bits per heavy atom. The molecule has 0 saturated heterocycles. The molecule has 3 nitrogen and oxygen atoms in total. The Balaban J connectivity index is 0.00000190. The van der Waals surface area contributed by atoms with Gasteiger partial charge < -0.3 is 14.5 Å². The molecule has 4 heteroatoms. The molecule has 0 radical (unpaired) electrons. The summed E-state index contributed by atoms with van der Waals surface area (Å²) < 4.78 is 6.02. The fourth-order valence-electron chi connectivity index (χ4n) is 3.10. The van der Waals surface area contributed by atoms with Crippen LogP contribution in [0.1, 0.15) is 58.3 Å². The van der Waals surface area contributed by atoms with E-state index in [1.807, 2.05) is 33.8 Å². The number of likely N-dealkylation sites (N-methyl/N-ethyl adjacent to an activating group) is 2. The molecule has 28 heavy (non-hydrogen) atoms. The number of ether oxygens (including phenoxy) is 1. The van der Waals surface area contributed by atoms with Gasteiger partial charge >= 0.3 is 0 Å². The number of fused-ring (bicyclic) bond motifs is 1. The van der Waals surface area contributed by atoms with Gasteiger partial charge in [0.1, 0.15) is 0 Å². The van der Waals surface area contributed by atoms with Crippen LogP contribution in [0.3, 0.4) is 0 Å². The topological polar surface area (TPSA) is 15.7 Å². The first-order valence-electron chi connectivity index (χ1n) is 10.5. The van der Waals surface area contributed by atoms with E-state index >= 15 is 0 Å². The van der Waals surface area contributed by atoms with Crippen molar-refractivity contribution in [3.63, 3.8) is 0 Å². The molecule has 0 aromatic heterocycles. The number of benzene rings is 1. The lowest BCUT2D eigenvalue weighted by Crippen LogP contribution is -2.31. The average molecular weight is 407 g/mol. The van der Waals surface area contributed by atoms with E-state index in [-0.39, 0.29) is 6.10 Å². The van der Waals surface area contributed by atoms with Crippen molar-refractivity contribution in [1.29, 1.82) is 0 Å². The van der Waals surface area contributed by atoms with Crippen molar-refractivity contribution >= 4 is 11.6 Å². The minimum Gasteiger partial charge on any atom is -0.377 e. The van der Waals surface area contributed by atoms with E-state index in [1.54, 1.807) is 0 Å². The predicted octanol–water partition coefficient (Wildman–Crippen LogP) is 6.02. The third kappa shape index (κ3) is 7.98. The van der Waals surface area contributed by atoms with Crippen LogP contribution in [0.4, 0.5) is 0 Å². The summed E-state index contributed by atoms with van der Waals surface area (Å²) in [5.74, 6) is 0. The van der Waals surface area contributed by atoms with Gasteiger partial charge in [0.15, 0.2) is 0 Å². The molecule has 0 fully saturated rings. The second-order valence-electron chi connectivity index (χ2n) is 7.46. The van der Waals surface area contributed by atoms with Crippen molar-refractivity contribution in [1.82, 2.24) is 9.80 Å². The summed E-state index contributed by atoms with van der Waals surface area (Å²) in [5.41, 5.74) is 5.15. The molecular weight excluding hydrogens is 368 g/mol. The predicted molar refractivity (Wildman–Crippen MR) is 123 cm³/mol. The van der Waals surface area contributed by atoms with Gasteiger partial charge in [-0.05, 0) is 57.9 Å². The Hall–Kier alpha value is -1.29. The van der Waals surface area contributed by atoms with Gasteiger partial charge in [0.05, 0.1) is 12.7 Å². The molecule has 158 valence electrons. The van der Waals surface area contributed by atoms with Crippen LogP contribution in [0.5, 0.6) is 0 Å². The largest absolute Gasteiger partial charge is 0.377 e. The minimum atomic E-state index is 0.234. The summed E-state index contributed by atoms with van der Waals surface area (Å²) in [5, 5.41) is 0.829. The first-order chi connectivity index (χ1) is 13.4. The van der Waals surface area contributed by atoms with E-state index in [2.05, 4.69) is 55.1 Å². The maximum atomic E-state index is 6.25. The van der Waals surface area contributed by atoms with E-state index < -0.39 is 0 Å². The second-order valence-corrected chi connectivity index (χ2v) is 7.86. The summed E-state index contributed by atoms with van der Waals surface area (Å²) in [6, 6.07) is 8.69. The normalized spacial score (nSPS) is 16.2. The number of halogens is 1. The molecule has 0 N–H and O–H groups in total. The van der Waals surface area contributed by atoms with Gasteiger partial charge in [0, 0.05) is 37.4 Å². The monoisotopic (exact) mass is 406 g/mol. The van der Waals surface area contributed by atoms with Crippen LogP contribution in [0, 0.1) is 0 Å². The highest BCUT2D eigenvalue weighted by Gasteiger charge is 2.20. The summed E-state index contributed by atoms with van der Waals surface area (Å²) in [6.07, 6.45) is 4.35. The highest BCUT2D eigenvalue weighted by Crippen LogP contribution is 2.29. The van der Waals surface area contributed by atoms with E-state index in [0.717, 1.165) is 49.7 Å². The van der Waals surface area contributed by atoms with Crippen LogP contribution >= 0.6 is 11.6 Å². The number of nitrogens with zero attached hydrogens (tertiary/aromatic N) is 2. The molecule has 1 unspecified atom stereocenters. The minimum absolute atomic E-state index is 0.234. The lowest BCUT2D eigenvalue weighted by atomic mass is 9.96. The summed E-state index contributed by atoms with van der Waals surface area (Å²) in [4.78, 5) is 4.64. The zero-order valence-electron chi connectivity index (χ0n) is 18.9. The van der Waals surface area contributed by atoms with Crippen LogP contribution < -0.4 is 0 Å². The van der Waals surface area contributed by atoms with Gasteiger partial charge in [-0.3, -0.25) is 0 Å². The Bertz CT molecular complexity index is 650. The van der Waals surface area contributed by atoms with Crippen molar-refractivity contribution < 1.29 is 4.74 Å². The standard InChI is InChI=1S/C22H33ClN2O.C2H6/c1-17(2)21(23)16-18(3)25(5)14-13-24(4)12-10-22-20-9-7-6-8-19(20)11-15-26-22;1-2/h6-9,16,22H,10-15H2,1-5H3;1-2H3/b18-16+;. The molecule has 1 aromatic rings. The van der Waals surface area contributed by atoms with Gasteiger partial charge in [-0.25, -0.2) is 0 Å². The van der Waals surface area contributed by atoms with Gasteiger partial charge in [-0.15, -0.1) is 0 Å². The molecule has 0 amide bonds. The SMILES string of the molecule is CC.CC(C)=C(Cl)/C=C(\C)N(C)CCN(C)CCC1OCCc2ccccc21. The molecule has 1 aliphatic heterocycles. The number of hydrogen-bond donors (Lipinski definition) is 0. The van der Waals surface area contributed by atoms with Gasteiger partial charge in [-0.1, -0.05) is 55.3 Å². The molecule has 1 heterocycles. The lowest BCUT2D eigenvalue weighted by molar-refractivity contribution is 0.0306. The molecular formula is C24H39ClN2O. The van der Waals surface area contributed by atoms with Crippen LogP contribution in [0.2, 0.25) is 0 Å². The molecule has 0 spiro atoms. The molecule has 1 aromatic carbocycles. The van der Waals surface area contributed by atoms with E-state index in [9.17, 15) is 0 Å². The molecule has 0 bridgehead atoms. The Morgan fingerprint density at radius 1 is 1.11 bits per heavy atom. The summed E-state index contributed by atoms with van der Waals surface area (Å²) in [7, 11) is 4.31. The number of allylic oxidation sites excluding steroid dienone is 4. The molecule has 1 aliphatic rings. The lowest BCUT2D eigenvalue weighted by Gasteiger charge is -2.29. The van der Waals surface area contributed by atoms with Crippen LogP contribution in [0.25, 0.3) is 0 Å².